The maximum Gasteiger partial charge on any atom is 0.241 e. The summed E-state index contributed by atoms with van der Waals surface area (Å²) in [6.07, 6.45) is 3.03. The number of carbonyl (C=O) groups is 1. The van der Waals surface area contributed by atoms with Gasteiger partial charge in [-0.25, -0.2) is 0 Å². The number of amides is 1. The Balaban J connectivity index is 1.72. The number of hydrogen-bond donors (Lipinski definition) is 2. The zero-order chi connectivity index (χ0) is 16.7. The Morgan fingerprint density at radius 1 is 1.35 bits per heavy atom. The SMILES string of the molecule is CCc1ccccc1CNC(=O)C1(N)C2CCCOC2C1(C)C. The summed E-state index contributed by atoms with van der Waals surface area (Å²) in [6, 6.07) is 8.23. The van der Waals surface area contributed by atoms with Crippen molar-refractivity contribution in [2.75, 3.05) is 6.61 Å². The van der Waals surface area contributed by atoms with Gasteiger partial charge in [-0.15, -0.1) is 0 Å². The van der Waals surface area contributed by atoms with Crippen molar-refractivity contribution in [3.63, 3.8) is 0 Å². The first kappa shape index (κ1) is 16.5. The molecule has 0 spiro atoms. The Morgan fingerprint density at radius 2 is 2.04 bits per heavy atom. The molecule has 0 bridgehead atoms. The molecule has 23 heavy (non-hydrogen) atoms. The molecule has 4 nitrogen and oxygen atoms in total. The van der Waals surface area contributed by atoms with Crippen molar-refractivity contribution in [2.45, 2.75) is 58.2 Å². The highest BCUT2D eigenvalue weighted by Gasteiger charge is 2.70. The van der Waals surface area contributed by atoms with Gasteiger partial charge in [0.2, 0.25) is 5.91 Å². The number of carbonyl (C=O) groups excluding carboxylic acids is 1. The van der Waals surface area contributed by atoms with Crippen LogP contribution in [0.3, 0.4) is 0 Å². The Labute approximate surface area is 138 Å². The zero-order valence-corrected chi connectivity index (χ0v) is 14.4. The lowest BCUT2D eigenvalue weighted by molar-refractivity contribution is -0.225. The van der Waals surface area contributed by atoms with Crippen LogP contribution in [0.25, 0.3) is 0 Å². The van der Waals surface area contributed by atoms with Gasteiger partial charge in [-0.05, 0) is 30.4 Å². The van der Waals surface area contributed by atoms with Gasteiger partial charge in [0.05, 0.1) is 6.10 Å². The van der Waals surface area contributed by atoms with Crippen LogP contribution >= 0.6 is 0 Å². The van der Waals surface area contributed by atoms with Crippen molar-refractivity contribution < 1.29 is 9.53 Å². The molecular formula is C19H28N2O2. The lowest BCUT2D eigenvalue weighted by Crippen LogP contribution is -2.82. The van der Waals surface area contributed by atoms with Gasteiger partial charge in [0.1, 0.15) is 5.54 Å². The molecule has 1 aliphatic carbocycles. The summed E-state index contributed by atoms with van der Waals surface area (Å²) in [5, 5.41) is 3.09. The lowest BCUT2D eigenvalue weighted by atomic mass is 9.46. The van der Waals surface area contributed by atoms with Gasteiger partial charge in [0, 0.05) is 24.5 Å². The molecule has 4 heteroatoms. The highest BCUT2D eigenvalue weighted by atomic mass is 16.5. The number of rotatable bonds is 4. The number of hydrogen-bond acceptors (Lipinski definition) is 3. The summed E-state index contributed by atoms with van der Waals surface area (Å²) in [6.45, 7) is 7.56. The highest BCUT2D eigenvalue weighted by Crippen LogP contribution is 2.57. The van der Waals surface area contributed by atoms with Crippen molar-refractivity contribution in [1.82, 2.24) is 5.32 Å². The quantitative estimate of drug-likeness (QED) is 0.896. The number of aryl methyl sites for hydroxylation is 1. The van der Waals surface area contributed by atoms with E-state index >= 15 is 0 Å². The summed E-state index contributed by atoms with van der Waals surface area (Å²) < 4.78 is 5.88. The third-order valence-corrected chi connectivity index (χ3v) is 6.00. The summed E-state index contributed by atoms with van der Waals surface area (Å²) in [4.78, 5) is 12.9. The van der Waals surface area contributed by atoms with Crippen LogP contribution in [-0.4, -0.2) is 24.2 Å². The van der Waals surface area contributed by atoms with E-state index in [-0.39, 0.29) is 23.3 Å². The normalized spacial score (nSPS) is 31.8. The predicted molar refractivity (Wildman–Crippen MR) is 90.8 cm³/mol. The molecular weight excluding hydrogens is 288 g/mol. The maximum atomic E-state index is 12.9. The summed E-state index contributed by atoms with van der Waals surface area (Å²) >= 11 is 0. The first-order valence-electron chi connectivity index (χ1n) is 8.68. The average molecular weight is 316 g/mol. The average Bonchev–Trinajstić information content (AvgIpc) is 2.59. The fourth-order valence-corrected chi connectivity index (χ4v) is 4.43. The Hall–Kier alpha value is -1.39. The standard InChI is InChI=1S/C19H28N2O2/c1-4-13-8-5-6-9-14(13)12-21-17(22)19(20)15-10-7-11-23-16(15)18(19,2)3/h5-6,8-9,15-16H,4,7,10-12,20H2,1-3H3,(H,21,22). The minimum Gasteiger partial charge on any atom is -0.377 e. The van der Waals surface area contributed by atoms with Gasteiger partial charge in [0.15, 0.2) is 0 Å². The summed E-state index contributed by atoms with van der Waals surface area (Å²) in [5.41, 5.74) is 7.90. The van der Waals surface area contributed by atoms with Crippen LogP contribution in [-0.2, 0) is 22.5 Å². The first-order chi connectivity index (χ1) is 10.9. The molecule has 1 saturated carbocycles. The van der Waals surface area contributed by atoms with Crippen molar-refractivity contribution in [1.29, 1.82) is 0 Å². The molecule has 3 rings (SSSR count). The van der Waals surface area contributed by atoms with Crippen LogP contribution in [0.5, 0.6) is 0 Å². The molecule has 3 unspecified atom stereocenters. The Kier molecular flexibility index (Phi) is 4.23. The third kappa shape index (κ3) is 2.39. The molecule has 126 valence electrons. The van der Waals surface area contributed by atoms with Crippen molar-refractivity contribution in [2.24, 2.45) is 17.1 Å². The number of fused-ring (bicyclic) bond motifs is 1. The van der Waals surface area contributed by atoms with E-state index in [0.717, 1.165) is 25.9 Å². The number of benzene rings is 1. The Morgan fingerprint density at radius 3 is 2.74 bits per heavy atom. The molecule has 2 aliphatic rings. The van der Waals surface area contributed by atoms with Crippen LogP contribution in [0.2, 0.25) is 0 Å². The van der Waals surface area contributed by atoms with E-state index in [1.54, 1.807) is 0 Å². The van der Waals surface area contributed by atoms with Crippen LogP contribution in [0.4, 0.5) is 0 Å². The second-order valence-electron chi connectivity index (χ2n) is 7.44. The van der Waals surface area contributed by atoms with Gasteiger partial charge in [-0.2, -0.15) is 0 Å². The molecule has 0 radical (unpaired) electrons. The molecule has 3 N–H and O–H groups in total. The van der Waals surface area contributed by atoms with Gasteiger partial charge in [-0.3, -0.25) is 4.79 Å². The molecule has 2 fully saturated rings. The van der Waals surface area contributed by atoms with E-state index < -0.39 is 5.54 Å². The van der Waals surface area contributed by atoms with Gasteiger partial charge in [-0.1, -0.05) is 45.0 Å². The van der Waals surface area contributed by atoms with E-state index in [9.17, 15) is 4.79 Å². The smallest absolute Gasteiger partial charge is 0.241 e. The van der Waals surface area contributed by atoms with E-state index in [1.165, 1.54) is 11.1 Å². The third-order valence-electron chi connectivity index (χ3n) is 6.00. The molecule has 1 heterocycles. The van der Waals surface area contributed by atoms with Crippen molar-refractivity contribution >= 4 is 5.91 Å². The Bertz CT molecular complexity index is 599. The second-order valence-corrected chi connectivity index (χ2v) is 7.44. The minimum absolute atomic E-state index is 0.0415. The molecule has 1 aromatic rings. The molecule has 1 aromatic carbocycles. The monoisotopic (exact) mass is 316 g/mol. The maximum absolute atomic E-state index is 12.9. The van der Waals surface area contributed by atoms with E-state index in [2.05, 4.69) is 38.2 Å². The van der Waals surface area contributed by atoms with Crippen LogP contribution < -0.4 is 11.1 Å². The van der Waals surface area contributed by atoms with E-state index in [4.69, 9.17) is 10.5 Å². The van der Waals surface area contributed by atoms with Gasteiger partial charge >= 0.3 is 0 Å². The molecule has 1 aliphatic heterocycles. The van der Waals surface area contributed by atoms with Crippen molar-refractivity contribution in [3.8, 4) is 0 Å². The van der Waals surface area contributed by atoms with E-state index in [0.29, 0.717) is 6.54 Å². The van der Waals surface area contributed by atoms with Crippen LogP contribution in [0, 0.1) is 11.3 Å². The van der Waals surface area contributed by atoms with Crippen LogP contribution in [0.1, 0.15) is 44.7 Å². The second kappa shape index (κ2) is 5.91. The molecule has 0 aromatic heterocycles. The number of nitrogens with two attached hydrogens (primary N) is 1. The van der Waals surface area contributed by atoms with Crippen molar-refractivity contribution in [3.05, 3.63) is 35.4 Å². The molecule has 1 saturated heterocycles. The predicted octanol–water partition coefficient (Wildman–Crippen LogP) is 2.40. The van der Waals surface area contributed by atoms with Gasteiger partial charge in [0.25, 0.3) is 0 Å². The fourth-order valence-electron chi connectivity index (χ4n) is 4.43. The largest absolute Gasteiger partial charge is 0.377 e. The molecule has 1 amide bonds. The number of ether oxygens (including phenoxy) is 1. The van der Waals surface area contributed by atoms with Gasteiger partial charge < -0.3 is 15.8 Å². The minimum atomic E-state index is -0.834. The van der Waals surface area contributed by atoms with Crippen LogP contribution in [0.15, 0.2) is 24.3 Å². The zero-order valence-electron chi connectivity index (χ0n) is 14.4. The summed E-state index contributed by atoms with van der Waals surface area (Å²) in [5.74, 6) is 0.0906. The molecule has 3 atom stereocenters. The fraction of sp³-hybridized carbons (Fsp3) is 0.632. The topological polar surface area (TPSA) is 64.4 Å². The lowest BCUT2D eigenvalue weighted by Gasteiger charge is -2.65. The number of nitrogens with one attached hydrogen (secondary N) is 1. The summed E-state index contributed by atoms with van der Waals surface area (Å²) in [7, 11) is 0. The highest BCUT2D eigenvalue weighted by molar-refractivity contribution is 5.89. The first-order valence-corrected chi connectivity index (χ1v) is 8.68. The van der Waals surface area contributed by atoms with E-state index in [1.807, 2.05) is 12.1 Å².